The second kappa shape index (κ2) is 9.51. The minimum atomic E-state index is -0.489. The Balaban J connectivity index is 1.40. The van der Waals surface area contributed by atoms with E-state index < -0.39 is 12.1 Å². The van der Waals surface area contributed by atoms with Gasteiger partial charge in [0.15, 0.2) is 0 Å². The van der Waals surface area contributed by atoms with E-state index in [4.69, 9.17) is 4.74 Å². The summed E-state index contributed by atoms with van der Waals surface area (Å²) in [7, 11) is 1.61. The molecule has 2 aliphatic rings. The van der Waals surface area contributed by atoms with Gasteiger partial charge in [-0.15, -0.1) is 11.3 Å². The maximum absolute atomic E-state index is 13.3. The Morgan fingerprint density at radius 3 is 2.58 bits per heavy atom. The van der Waals surface area contributed by atoms with Gasteiger partial charge in [0.05, 0.1) is 12.0 Å². The van der Waals surface area contributed by atoms with Crippen LogP contribution in [-0.2, 0) is 16.1 Å². The Labute approximate surface area is 186 Å². The molecule has 1 aromatic carbocycles. The number of likely N-dealkylation sites (tertiary alicyclic amines) is 2. The molecule has 0 bridgehead atoms. The molecule has 7 nitrogen and oxygen atoms in total. The Morgan fingerprint density at radius 1 is 1.06 bits per heavy atom. The summed E-state index contributed by atoms with van der Waals surface area (Å²) in [6, 6.07) is 10.2. The van der Waals surface area contributed by atoms with Gasteiger partial charge < -0.3 is 19.9 Å². The third kappa shape index (κ3) is 4.58. The van der Waals surface area contributed by atoms with Gasteiger partial charge >= 0.3 is 0 Å². The van der Waals surface area contributed by atoms with Gasteiger partial charge in [0, 0.05) is 19.6 Å². The van der Waals surface area contributed by atoms with Crippen LogP contribution >= 0.6 is 11.3 Å². The number of carbonyl (C=O) groups is 3. The fourth-order valence-electron chi connectivity index (χ4n) is 4.39. The van der Waals surface area contributed by atoms with Crippen molar-refractivity contribution in [1.29, 1.82) is 0 Å². The molecule has 3 amide bonds. The van der Waals surface area contributed by atoms with Crippen LogP contribution in [0.5, 0.6) is 5.75 Å². The molecule has 1 aromatic heterocycles. The number of hydrogen-bond acceptors (Lipinski definition) is 5. The van der Waals surface area contributed by atoms with Crippen molar-refractivity contribution in [3.05, 3.63) is 52.2 Å². The van der Waals surface area contributed by atoms with Crippen LogP contribution in [0, 0.1) is 0 Å². The highest BCUT2D eigenvalue weighted by molar-refractivity contribution is 7.12. The number of methoxy groups -OCH3 is 1. The van der Waals surface area contributed by atoms with Gasteiger partial charge in [0.25, 0.3) is 5.91 Å². The van der Waals surface area contributed by atoms with Gasteiger partial charge in [-0.3, -0.25) is 14.4 Å². The Morgan fingerprint density at radius 2 is 1.84 bits per heavy atom. The fraction of sp³-hybridized carbons (Fsp3) is 0.435. The molecular formula is C23H27N3O4S. The smallest absolute Gasteiger partial charge is 0.264 e. The van der Waals surface area contributed by atoms with Gasteiger partial charge in [-0.25, -0.2) is 0 Å². The third-order valence-corrected chi connectivity index (χ3v) is 6.83. The number of rotatable bonds is 6. The van der Waals surface area contributed by atoms with Crippen molar-refractivity contribution in [3.8, 4) is 5.75 Å². The molecule has 8 heteroatoms. The van der Waals surface area contributed by atoms with E-state index >= 15 is 0 Å². The number of ether oxygens (including phenoxy) is 1. The van der Waals surface area contributed by atoms with Crippen LogP contribution in [0.1, 0.15) is 40.9 Å². The van der Waals surface area contributed by atoms with E-state index in [0.717, 1.165) is 24.2 Å². The first-order valence-corrected chi connectivity index (χ1v) is 11.5. The summed E-state index contributed by atoms with van der Waals surface area (Å²) in [5, 5.41) is 4.82. The van der Waals surface area contributed by atoms with Crippen molar-refractivity contribution in [2.45, 2.75) is 44.3 Å². The molecule has 0 unspecified atom stereocenters. The summed E-state index contributed by atoms with van der Waals surface area (Å²) >= 11 is 1.39. The number of thiophene rings is 1. The van der Waals surface area contributed by atoms with E-state index in [1.807, 2.05) is 35.7 Å². The van der Waals surface area contributed by atoms with E-state index in [0.29, 0.717) is 37.4 Å². The van der Waals surface area contributed by atoms with Crippen LogP contribution in [0.2, 0.25) is 0 Å². The van der Waals surface area contributed by atoms with Gasteiger partial charge in [-0.1, -0.05) is 18.2 Å². The molecule has 2 aliphatic heterocycles. The molecule has 2 fully saturated rings. The summed E-state index contributed by atoms with van der Waals surface area (Å²) in [4.78, 5) is 43.1. The molecule has 4 rings (SSSR count). The van der Waals surface area contributed by atoms with Crippen molar-refractivity contribution in [1.82, 2.24) is 15.1 Å². The van der Waals surface area contributed by atoms with Crippen LogP contribution in [-0.4, -0.2) is 59.8 Å². The summed E-state index contributed by atoms with van der Waals surface area (Å²) in [5.41, 5.74) is 0.937. The lowest BCUT2D eigenvalue weighted by Gasteiger charge is -2.30. The molecular weight excluding hydrogens is 414 g/mol. The van der Waals surface area contributed by atoms with Gasteiger partial charge in [0.2, 0.25) is 11.8 Å². The highest BCUT2D eigenvalue weighted by Crippen LogP contribution is 2.27. The number of hydrogen-bond donors (Lipinski definition) is 1. The molecule has 2 aromatic rings. The van der Waals surface area contributed by atoms with E-state index in [1.165, 1.54) is 11.3 Å². The van der Waals surface area contributed by atoms with Crippen molar-refractivity contribution in [3.63, 3.8) is 0 Å². The topological polar surface area (TPSA) is 79.0 Å². The molecule has 1 N–H and O–H groups in total. The summed E-state index contributed by atoms with van der Waals surface area (Å²) < 4.78 is 5.23. The molecule has 31 heavy (non-hydrogen) atoms. The maximum Gasteiger partial charge on any atom is 0.264 e. The minimum absolute atomic E-state index is 0.0935. The average Bonchev–Trinajstić information content (AvgIpc) is 3.57. The zero-order valence-electron chi connectivity index (χ0n) is 17.6. The van der Waals surface area contributed by atoms with Crippen LogP contribution in [0.25, 0.3) is 0 Å². The van der Waals surface area contributed by atoms with E-state index in [1.54, 1.807) is 23.0 Å². The Bertz CT molecular complexity index is 946. The molecule has 0 spiro atoms. The van der Waals surface area contributed by atoms with Crippen LogP contribution in [0.4, 0.5) is 0 Å². The van der Waals surface area contributed by atoms with Crippen LogP contribution < -0.4 is 10.1 Å². The van der Waals surface area contributed by atoms with Crippen molar-refractivity contribution in [2.24, 2.45) is 0 Å². The first-order valence-electron chi connectivity index (χ1n) is 10.6. The van der Waals surface area contributed by atoms with Crippen molar-refractivity contribution < 1.29 is 19.1 Å². The highest BCUT2D eigenvalue weighted by atomic mass is 32.1. The third-order valence-electron chi connectivity index (χ3n) is 5.97. The summed E-state index contributed by atoms with van der Waals surface area (Å²) in [6.45, 7) is 1.50. The summed E-state index contributed by atoms with van der Waals surface area (Å²) in [6.07, 6.45) is 2.87. The quantitative estimate of drug-likeness (QED) is 0.748. The fourth-order valence-corrected chi connectivity index (χ4v) is 5.07. The first-order chi connectivity index (χ1) is 15.1. The van der Waals surface area contributed by atoms with Crippen molar-refractivity contribution in [2.75, 3.05) is 20.2 Å². The molecule has 2 saturated heterocycles. The molecule has 0 saturated carbocycles. The SMILES string of the molecule is COc1cccc(CNC(=O)[C@H]2CCCN2C(=O)[C@H]2CCCN2C(=O)c2cccs2)c1. The summed E-state index contributed by atoms with van der Waals surface area (Å²) in [5.74, 6) is 0.384. The number of nitrogens with one attached hydrogen (secondary N) is 1. The largest absolute Gasteiger partial charge is 0.497 e. The lowest BCUT2D eigenvalue weighted by Crippen LogP contribution is -2.52. The van der Waals surface area contributed by atoms with Crippen molar-refractivity contribution >= 4 is 29.1 Å². The predicted octanol–water partition coefficient (Wildman–Crippen LogP) is 2.67. The number of amides is 3. The molecule has 0 radical (unpaired) electrons. The van der Waals surface area contributed by atoms with E-state index in [2.05, 4.69) is 5.32 Å². The Hall–Kier alpha value is -2.87. The molecule has 3 heterocycles. The standard InChI is InChI=1S/C23H27N3O4S/c1-30-17-7-2-6-16(14-17)15-24-21(27)18-8-3-11-25(18)22(28)19-9-4-12-26(19)23(29)20-10-5-13-31-20/h2,5-7,10,13-14,18-19H,3-4,8-9,11-12,15H2,1H3,(H,24,27)/t18-,19-/m1/s1. The molecule has 0 aliphatic carbocycles. The monoisotopic (exact) mass is 441 g/mol. The minimum Gasteiger partial charge on any atom is -0.497 e. The maximum atomic E-state index is 13.3. The van der Waals surface area contributed by atoms with E-state index in [-0.39, 0.29) is 17.7 Å². The van der Waals surface area contributed by atoms with Gasteiger partial charge in [0.1, 0.15) is 17.8 Å². The zero-order chi connectivity index (χ0) is 21.8. The first kappa shape index (κ1) is 21.4. The van der Waals surface area contributed by atoms with Gasteiger partial charge in [-0.2, -0.15) is 0 Å². The average molecular weight is 442 g/mol. The number of benzene rings is 1. The lowest BCUT2D eigenvalue weighted by molar-refractivity contribution is -0.141. The molecule has 164 valence electrons. The van der Waals surface area contributed by atoms with E-state index in [9.17, 15) is 14.4 Å². The predicted molar refractivity (Wildman–Crippen MR) is 118 cm³/mol. The highest BCUT2D eigenvalue weighted by Gasteiger charge is 2.42. The van der Waals surface area contributed by atoms with Gasteiger partial charge in [-0.05, 0) is 54.8 Å². The van der Waals surface area contributed by atoms with Crippen LogP contribution in [0.3, 0.4) is 0 Å². The lowest BCUT2D eigenvalue weighted by atomic mass is 10.1. The second-order valence-electron chi connectivity index (χ2n) is 7.89. The van der Waals surface area contributed by atoms with Crippen LogP contribution in [0.15, 0.2) is 41.8 Å². The second-order valence-corrected chi connectivity index (χ2v) is 8.84. The normalized spacial score (nSPS) is 20.7. The number of carbonyl (C=O) groups excluding carboxylic acids is 3. The zero-order valence-corrected chi connectivity index (χ0v) is 18.4. The Kier molecular flexibility index (Phi) is 6.56. The molecule has 2 atom stereocenters. The number of nitrogens with zero attached hydrogens (tertiary/aromatic N) is 2.